The molecule has 1 aromatic carbocycles. The van der Waals surface area contributed by atoms with Gasteiger partial charge >= 0.3 is 0 Å². The minimum atomic E-state index is -0.344. The third-order valence-electron chi connectivity index (χ3n) is 2.53. The zero-order valence-electron chi connectivity index (χ0n) is 9.45. The number of hydrogen-bond donors (Lipinski definition) is 1. The van der Waals surface area contributed by atoms with Crippen LogP contribution in [-0.4, -0.2) is 4.98 Å². The molecule has 0 saturated carbocycles. The Bertz CT molecular complexity index is 694. The number of rotatable bonds is 1. The Morgan fingerprint density at radius 3 is 1.89 bits per heavy atom. The van der Waals surface area contributed by atoms with E-state index < -0.39 is 0 Å². The summed E-state index contributed by atoms with van der Waals surface area (Å²) in [5, 5.41) is 0.378. The lowest BCUT2D eigenvalue weighted by atomic mass is 10.1. The van der Waals surface area contributed by atoms with Gasteiger partial charge in [0, 0.05) is 11.8 Å². The van der Waals surface area contributed by atoms with Crippen LogP contribution in [0, 0.1) is 6.92 Å². The van der Waals surface area contributed by atoms with Gasteiger partial charge in [-0.1, -0.05) is 58.0 Å². The van der Waals surface area contributed by atoms with Crippen molar-refractivity contribution in [1.82, 2.24) is 4.98 Å². The Balaban J connectivity index is 2.91. The van der Waals surface area contributed by atoms with E-state index in [2.05, 4.69) is 4.98 Å². The first-order valence-electron chi connectivity index (χ1n) is 5.05. The highest BCUT2D eigenvalue weighted by Gasteiger charge is 2.22. The lowest BCUT2D eigenvalue weighted by molar-refractivity contribution is 1.20. The van der Waals surface area contributed by atoms with Gasteiger partial charge in [-0.05, 0) is 18.6 Å². The average Bonchev–Trinajstić information content (AvgIpc) is 2.38. The molecule has 2 aromatic rings. The maximum Gasteiger partial charge on any atom is 0.255 e. The largest absolute Gasteiger partial charge is 0.328 e. The maximum absolute atomic E-state index is 11.9. The summed E-state index contributed by atoms with van der Waals surface area (Å²) >= 11 is 30.1. The molecule has 0 aliphatic heterocycles. The predicted molar refractivity (Wildman–Crippen MR) is 82.3 cm³/mol. The van der Waals surface area contributed by atoms with Crippen LogP contribution in [0.4, 0.5) is 0 Å². The fraction of sp³-hybridized carbons (Fsp3) is 0.0833. The van der Waals surface area contributed by atoms with E-state index in [9.17, 15) is 4.79 Å². The van der Waals surface area contributed by atoms with E-state index in [1.54, 1.807) is 12.3 Å². The molecule has 0 bridgehead atoms. The highest BCUT2D eigenvalue weighted by Crippen LogP contribution is 2.47. The zero-order valence-corrected chi connectivity index (χ0v) is 13.2. The van der Waals surface area contributed by atoms with E-state index in [0.717, 1.165) is 5.56 Å². The standard InChI is InChI=1S/C12H6Cl5NO/c1-4-2-5(12(19)18-3-4)6-7(13)9(15)11(17)10(16)8(6)14/h2-3H,1H3,(H,18,19). The van der Waals surface area contributed by atoms with Crippen molar-refractivity contribution in [1.29, 1.82) is 0 Å². The molecular formula is C12H6Cl5NO. The highest BCUT2D eigenvalue weighted by atomic mass is 35.5. The zero-order chi connectivity index (χ0) is 14.3. The SMILES string of the molecule is Cc1c[nH]c(=O)c(-c2c(Cl)c(Cl)c(Cl)c(Cl)c2Cl)c1. The number of benzene rings is 1. The second-order valence-corrected chi connectivity index (χ2v) is 5.75. The van der Waals surface area contributed by atoms with E-state index in [0.29, 0.717) is 0 Å². The molecule has 0 atom stereocenters. The molecule has 0 saturated heterocycles. The van der Waals surface area contributed by atoms with Crippen molar-refractivity contribution in [3.05, 3.63) is 53.3 Å². The molecule has 2 nitrogen and oxygen atoms in total. The second-order valence-electron chi connectivity index (χ2n) is 3.86. The lowest BCUT2D eigenvalue weighted by Crippen LogP contribution is -2.09. The van der Waals surface area contributed by atoms with Gasteiger partial charge in [0.2, 0.25) is 0 Å². The molecule has 0 fully saturated rings. The van der Waals surface area contributed by atoms with Crippen LogP contribution in [0.3, 0.4) is 0 Å². The number of nitrogens with one attached hydrogen (secondary N) is 1. The molecule has 2 rings (SSSR count). The third-order valence-corrected chi connectivity index (χ3v) is 4.80. The second kappa shape index (κ2) is 5.55. The number of H-pyrrole nitrogens is 1. The molecule has 0 spiro atoms. The van der Waals surface area contributed by atoms with Crippen LogP contribution in [0.15, 0.2) is 17.1 Å². The topological polar surface area (TPSA) is 32.9 Å². The minimum Gasteiger partial charge on any atom is -0.328 e. The monoisotopic (exact) mass is 355 g/mol. The summed E-state index contributed by atoms with van der Waals surface area (Å²) in [6, 6.07) is 1.65. The molecule has 1 heterocycles. The summed E-state index contributed by atoms with van der Waals surface area (Å²) in [7, 11) is 0. The molecule has 19 heavy (non-hydrogen) atoms. The Morgan fingerprint density at radius 2 is 1.37 bits per heavy atom. The summed E-state index contributed by atoms with van der Waals surface area (Å²) in [6.45, 7) is 1.82. The van der Waals surface area contributed by atoms with Gasteiger partial charge in [-0.2, -0.15) is 0 Å². The number of aromatic amines is 1. The van der Waals surface area contributed by atoms with Crippen LogP contribution >= 0.6 is 58.0 Å². The summed E-state index contributed by atoms with van der Waals surface area (Å²) in [4.78, 5) is 14.5. The molecule has 0 aliphatic carbocycles. The Morgan fingerprint density at radius 1 is 0.895 bits per heavy atom. The molecule has 1 aromatic heterocycles. The van der Waals surface area contributed by atoms with Gasteiger partial charge in [-0.25, -0.2) is 0 Å². The fourth-order valence-electron chi connectivity index (χ4n) is 1.62. The van der Waals surface area contributed by atoms with Gasteiger partial charge in [-0.15, -0.1) is 0 Å². The van der Waals surface area contributed by atoms with E-state index in [1.165, 1.54) is 0 Å². The first-order chi connectivity index (χ1) is 8.84. The van der Waals surface area contributed by atoms with Crippen molar-refractivity contribution in [3.8, 4) is 11.1 Å². The molecule has 0 amide bonds. The number of aromatic nitrogens is 1. The number of pyridine rings is 1. The van der Waals surface area contributed by atoms with Crippen LogP contribution in [0.5, 0.6) is 0 Å². The first kappa shape index (κ1) is 15.0. The number of halogens is 5. The van der Waals surface area contributed by atoms with Gasteiger partial charge in [0.15, 0.2) is 0 Å². The molecule has 0 radical (unpaired) electrons. The summed E-state index contributed by atoms with van der Waals surface area (Å²) in [5.41, 5.74) is 1.05. The van der Waals surface area contributed by atoms with Crippen molar-refractivity contribution >= 4 is 58.0 Å². The van der Waals surface area contributed by atoms with Crippen LogP contribution in [0.1, 0.15) is 5.56 Å². The normalized spacial score (nSPS) is 10.8. The Labute approximate surface area is 134 Å². The molecule has 1 N–H and O–H groups in total. The molecule has 100 valence electrons. The van der Waals surface area contributed by atoms with Crippen LogP contribution < -0.4 is 5.56 Å². The Hall–Kier alpha value is -0.380. The molecule has 7 heteroatoms. The van der Waals surface area contributed by atoms with Crippen molar-refractivity contribution in [2.24, 2.45) is 0 Å². The predicted octanol–water partition coefficient (Wildman–Crippen LogP) is 5.62. The van der Waals surface area contributed by atoms with Crippen LogP contribution in [0.25, 0.3) is 11.1 Å². The molecule has 0 unspecified atom stereocenters. The van der Waals surface area contributed by atoms with Gasteiger partial charge in [-0.3, -0.25) is 4.79 Å². The van der Waals surface area contributed by atoms with E-state index in [1.807, 2.05) is 6.92 Å². The smallest absolute Gasteiger partial charge is 0.255 e. The van der Waals surface area contributed by atoms with Gasteiger partial charge < -0.3 is 4.98 Å². The van der Waals surface area contributed by atoms with Gasteiger partial charge in [0.05, 0.1) is 30.7 Å². The number of hydrogen-bond acceptors (Lipinski definition) is 1. The van der Waals surface area contributed by atoms with Crippen molar-refractivity contribution in [3.63, 3.8) is 0 Å². The Kier molecular flexibility index (Phi) is 4.38. The molecule has 0 aliphatic rings. The lowest BCUT2D eigenvalue weighted by Gasteiger charge is -2.12. The quantitative estimate of drug-likeness (QED) is 0.522. The van der Waals surface area contributed by atoms with E-state index >= 15 is 0 Å². The van der Waals surface area contributed by atoms with Gasteiger partial charge in [0.25, 0.3) is 5.56 Å². The minimum absolute atomic E-state index is 0.0613. The van der Waals surface area contributed by atoms with Crippen LogP contribution in [0.2, 0.25) is 25.1 Å². The third kappa shape index (κ3) is 2.61. The van der Waals surface area contributed by atoms with E-state index in [4.69, 9.17) is 58.0 Å². The van der Waals surface area contributed by atoms with E-state index in [-0.39, 0.29) is 41.8 Å². The summed E-state index contributed by atoms with van der Waals surface area (Å²) < 4.78 is 0. The number of aryl methyl sites for hydroxylation is 1. The molecular weight excluding hydrogens is 351 g/mol. The van der Waals surface area contributed by atoms with Gasteiger partial charge in [0.1, 0.15) is 0 Å². The summed E-state index contributed by atoms with van der Waals surface area (Å²) in [5.74, 6) is 0. The van der Waals surface area contributed by atoms with Crippen LogP contribution in [-0.2, 0) is 0 Å². The fourth-order valence-corrected chi connectivity index (χ4v) is 2.96. The average molecular weight is 357 g/mol. The van der Waals surface area contributed by atoms with Crippen molar-refractivity contribution < 1.29 is 0 Å². The summed E-state index contributed by atoms with van der Waals surface area (Å²) in [6.07, 6.45) is 1.58. The van der Waals surface area contributed by atoms with Crippen molar-refractivity contribution in [2.75, 3.05) is 0 Å². The highest BCUT2D eigenvalue weighted by molar-refractivity contribution is 6.56. The first-order valence-corrected chi connectivity index (χ1v) is 6.94. The maximum atomic E-state index is 11.9. The van der Waals surface area contributed by atoms with Crippen molar-refractivity contribution in [2.45, 2.75) is 6.92 Å².